The van der Waals surface area contributed by atoms with E-state index in [1.54, 1.807) is 0 Å². The highest BCUT2D eigenvalue weighted by molar-refractivity contribution is 7.99. The molecule has 0 atom stereocenters. The van der Waals surface area contributed by atoms with Crippen LogP contribution >= 0.6 is 23.4 Å². The number of nitro benzene ring substituents is 1. The molecule has 13 heteroatoms. The van der Waals surface area contributed by atoms with Crippen molar-refractivity contribution in [1.29, 1.82) is 0 Å². The van der Waals surface area contributed by atoms with E-state index in [4.69, 9.17) is 11.6 Å². The van der Waals surface area contributed by atoms with Crippen molar-refractivity contribution in [2.45, 2.75) is 18.3 Å². The number of carbonyl (C=O) groups excluding carboxylic acids is 1. The smallest absolute Gasteiger partial charge is 0.325 e. The van der Waals surface area contributed by atoms with Gasteiger partial charge >= 0.3 is 6.18 Å². The van der Waals surface area contributed by atoms with Crippen LogP contribution in [-0.4, -0.2) is 31.2 Å². The summed E-state index contributed by atoms with van der Waals surface area (Å²) < 4.78 is 40.0. The van der Waals surface area contributed by atoms with E-state index in [-0.39, 0.29) is 38.5 Å². The minimum Gasteiger partial charge on any atom is -0.325 e. The summed E-state index contributed by atoms with van der Waals surface area (Å²) in [4.78, 5) is 22.6. The number of nitro groups is 1. The third-order valence-electron chi connectivity index (χ3n) is 3.86. The van der Waals surface area contributed by atoms with Crippen LogP contribution in [0.1, 0.15) is 11.1 Å². The van der Waals surface area contributed by atoms with Crippen molar-refractivity contribution in [2.24, 2.45) is 0 Å². The molecule has 3 aromatic rings. The number of thioether (sulfide) groups is 1. The monoisotopic (exact) mass is 445 g/mol. The molecule has 1 N–H and O–H groups in total. The second-order valence-electron chi connectivity index (χ2n) is 5.79. The second-order valence-corrected chi connectivity index (χ2v) is 7.14. The molecule has 0 unspecified atom stereocenters. The molecule has 152 valence electrons. The van der Waals surface area contributed by atoms with E-state index in [2.05, 4.69) is 15.5 Å². The summed E-state index contributed by atoms with van der Waals surface area (Å²) in [6.07, 6.45) is -3.81. The Balaban J connectivity index is 1.77. The maximum absolute atomic E-state index is 13.0. The van der Waals surface area contributed by atoms with Gasteiger partial charge in [-0.1, -0.05) is 29.4 Å². The zero-order valence-corrected chi connectivity index (χ0v) is 16.1. The number of hydrogen-bond donors (Lipinski definition) is 1. The van der Waals surface area contributed by atoms with Crippen LogP contribution in [0.3, 0.4) is 0 Å². The molecule has 0 aliphatic rings. The normalized spacial score (nSPS) is 11.6. The Hall–Kier alpha value is -2.86. The Bertz CT molecular complexity index is 1120. The summed E-state index contributed by atoms with van der Waals surface area (Å²) in [5.41, 5.74) is -0.553. The summed E-state index contributed by atoms with van der Waals surface area (Å²) in [6.45, 7) is 1.49. The van der Waals surface area contributed by atoms with Crippen LogP contribution < -0.4 is 5.32 Å². The molecule has 0 aliphatic heterocycles. The minimum atomic E-state index is -4.61. The Morgan fingerprint density at radius 2 is 2.10 bits per heavy atom. The number of nitrogens with zero attached hydrogens (tertiary/aromatic N) is 4. The fourth-order valence-electron chi connectivity index (χ4n) is 2.46. The first kappa shape index (κ1) is 20.9. The molecule has 1 aromatic carbocycles. The number of aromatic nitrogens is 3. The number of amides is 1. The topological polar surface area (TPSA) is 102 Å². The van der Waals surface area contributed by atoms with Crippen molar-refractivity contribution >= 4 is 46.3 Å². The number of pyridine rings is 1. The van der Waals surface area contributed by atoms with E-state index < -0.39 is 22.6 Å². The van der Waals surface area contributed by atoms with Crippen LogP contribution in [0.4, 0.5) is 24.5 Å². The van der Waals surface area contributed by atoms with Crippen LogP contribution in [0.2, 0.25) is 5.02 Å². The zero-order chi connectivity index (χ0) is 21.3. The first-order valence-corrected chi connectivity index (χ1v) is 9.22. The summed E-state index contributed by atoms with van der Waals surface area (Å²) >= 11 is 6.69. The molecule has 0 bridgehead atoms. The Labute approximate surface area is 170 Å². The predicted molar refractivity (Wildman–Crippen MR) is 100 cm³/mol. The summed E-state index contributed by atoms with van der Waals surface area (Å²) in [6, 6.07) is 5.00. The maximum atomic E-state index is 13.0. The highest BCUT2D eigenvalue weighted by atomic mass is 35.5. The number of fused-ring (bicyclic) bond motifs is 1. The summed E-state index contributed by atoms with van der Waals surface area (Å²) in [5.74, 6) is -0.731. The standard InChI is InChI=1S/C16H11ClF3N5O3S/c1-8-11(3-2-4-12(8)25(27)28)21-13(26)7-29-15-23-22-14-10(17)5-9(6-24(14)15)16(18,19)20/h2-6H,7H2,1H3,(H,21,26). The van der Waals surface area contributed by atoms with E-state index in [9.17, 15) is 28.1 Å². The van der Waals surface area contributed by atoms with Gasteiger partial charge < -0.3 is 5.32 Å². The SMILES string of the molecule is Cc1c(NC(=O)CSc2nnc3c(Cl)cc(C(F)(F)F)cn23)cccc1[N+](=O)[O-]. The Morgan fingerprint density at radius 1 is 1.38 bits per heavy atom. The van der Waals surface area contributed by atoms with Crippen molar-refractivity contribution in [3.63, 3.8) is 0 Å². The molecule has 2 heterocycles. The molecule has 2 aromatic heterocycles. The third-order valence-corrected chi connectivity index (χ3v) is 5.09. The molecule has 29 heavy (non-hydrogen) atoms. The van der Waals surface area contributed by atoms with Gasteiger partial charge in [-0.3, -0.25) is 19.3 Å². The third kappa shape index (κ3) is 4.43. The number of rotatable bonds is 5. The molecule has 0 radical (unpaired) electrons. The summed E-state index contributed by atoms with van der Waals surface area (Å²) in [5, 5.41) is 20.8. The first-order chi connectivity index (χ1) is 13.6. The van der Waals surface area contributed by atoms with E-state index in [1.165, 1.54) is 25.1 Å². The lowest BCUT2D eigenvalue weighted by atomic mass is 10.1. The molecule has 0 aliphatic carbocycles. The van der Waals surface area contributed by atoms with E-state index >= 15 is 0 Å². The fraction of sp³-hybridized carbons (Fsp3) is 0.188. The lowest BCUT2D eigenvalue weighted by Gasteiger charge is -2.09. The Kier molecular flexibility index (Phi) is 5.66. The van der Waals surface area contributed by atoms with Gasteiger partial charge in [0.1, 0.15) is 0 Å². The van der Waals surface area contributed by atoms with Crippen molar-refractivity contribution in [1.82, 2.24) is 14.6 Å². The summed E-state index contributed by atoms with van der Waals surface area (Å²) in [7, 11) is 0. The van der Waals surface area contributed by atoms with Gasteiger partial charge in [-0.15, -0.1) is 10.2 Å². The second kappa shape index (κ2) is 7.87. The van der Waals surface area contributed by atoms with Crippen molar-refractivity contribution < 1.29 is 22.9 Å². The van der Waals surface area contributed by atoms with Gasteiger partial charge in [0.05, 0.1) is 32.5 Å². The van der Waals surface area contributed by atoms with Gasteiger partial charge in [-0.05, 0) is 19.1 Å². The number of benzene rings is 1. The number of nitrogens with one attached hydrogen (secondary N) is 1. The average Bonchev–Trinajstić information content (AvgIpc) is 3.04. The van der Waals surface area contributed by atoms with Gasteiger partial charge in [0.25, 0.3) is 5.69 Å². The van der Waals surface area contributed by atoms with Crippen LogP contribution in [0.5, 0.6) is 0 Å². The van der Waals surface area contributed by atoms with Gasteiger partial charge in [0.15, 0.2) is 10.8 Å². The van der Waals surface area contributed by atoms with Gasteiger partial charge in [0.2, 0.25) is 5.91 Å². The maximum Gasteiger partial charge on any atom is 0.417 e. The van der Waals surface area contributed by atoms with Crippen LogP contribution in [0.15, 0.2) is 35.6 Å². The molecule has 1 amide bonds. The molecule has 0 saturated heterocycles. The average molecular weight is 446 g/mol. The molecule has 8 nitrogen and oxygen atoms in total. The Morgan fingerprint density at radius 3 is 2.76 bits per heavy atom. The lowest BCUT2D eigenvalue weighted by molar-refractivity contribution is -0.385. The molecular formula is C16H11ClF3N5O3S. The number of hydrogen-bond acceptors (Lipinski definition) is 6. The molecule has 3 rings (SSSR count). The van der Waals surface area contributed by atoms with Gasteiger partial charge in [-0.2, -0.15) is 13.2 Å². The highest BCUT2D eigenvalue weighted by Crippen LogP contribution is 2.33. The number of halogens is 4. The van der Waals surface area contributed by atoms with E-state index in [0.717, 1.165) is 28.4 Å². The predicted octanol–water partition coefficient (Wildman–Crippen LogP) is 4.35. The van der Waals surface area contributed by atoms with Crippen molar-refractivity contribution in [3.05, 3.63) is 56.7 Å². The number of carbonyl (C=O) groups is 1. The van der Waals surface area contributed by atoms with Crippen LogP contribution in [0.25, 0.3) is 5.65 Å². The molecule has 0 fully saturated rings. The van der Waals surface area contributed by atoms with Crippen LogP contribution in [-0.2, 0) is 11.0 Å². The van der Waals surface area contributed by atoms with E-state index in [1.807, 2.05) is 0 Å². The molecular weight excluding hydrogens is 435 g/mol. The van der Waals surface area contributed by atoms with Gasteiger partial charge in [-0.25, -0.2) is 0 Å². The van der Waals surface area contributed by atoms with Crippen LogP contribution in [0, 0.1) is 17.0 Å². The highest BCUT2D eigenvalue weighted by Gasteiger charge is 2.32. The number of anilines is 1. The minimum absolute atomic E-state index is 0.0251. The quantitative estimate of drug-likeness (QED) is 0.356. The number of alkyl halides is 3. The largest absolute Gasteiger partial charge is 0.417 e. The van der Waals surface area contributed by atoms with Crippen molar-refractivity contribution in [2.75, 3.05) is 11.1 Å². The first-order valence-electron chi connectivity index (χ1n) is 7.86. The fourth-order valence-corrected chi connectivity index (χ4v) is 3.42. The van der Waals surface area contributed by atoms with E-state index in [0.29, 0.717) is 0 Å². The zero-order valence-electron chi connectivity index (χ0n) is 14.5. The lowest BCUT2D eigenvalue weighted by Crippen LogP contribution is -2.15. The van der Waals surface area contributed by atoms with Gasteiger partial charge in [0, 0.05) is 12.3 Å². The molecule has 0 spiro atoms. The molecule has 0 saturated carbocycles. The van der Waals surface area contributed by atoms with Crippen molar-refractivity contribution in [3.8, 4) is 0 Å².